The van der Waals surface area contributed by atoms with E-state index in [2.05, 4.69) is 9.99 Å². The van der Waals surface area contributed by atoms with Crippen molar-refractivity contribution >= 4 is 16.8 Å². The number of oxime groups is 1. The van der Waals surface area contributed by atoms with Crippen LogP contribution in [0.1, 0.15) is 0 Å². The molecule has 33 valence electrons. The maximum absolute atomic E-state index is 5.28. The molecule has 2 nitrogen and oxygen atoms in total. The summed E-state index contributed by atoms with van der Waals surface area (Å²) >= 11 is 5.28. The third kappa shape index (κ3) is 0.627. The van der Waals surface area contributed by atoms with E-state index in [1.54, 1.807) is 6.42 Å². The largest absolute Gasteiger partial charge is 0.394 e. The molecule has 0 aromatic carbocycles. The van der Waals surface area contributed by atoms with Gasteiger partial charge in [-0.2, -0.15) is 0 Å². The highest BCUT2D eigenvalue weighted by molar-refractivity contribution is 6.67. The molecular formula is C3H3ClNO. The van der Waals surface area contributed by atoms with E-state index in [4.69, 9.17) is 11.6 Å². The zero-order chi connectivity index (χ0) is 4.41. The minimum Gasteiger partial charge on any atom is -0.394 e. The highest BCUT2D eigenvalue weighted by Crippen LogP contribution is 2.00. The molecule has 0 unspecified atom stereocenters. The highest BCUT2D eigenvalue weighted by atomic mass is 35.5. The lowest BCUT2D eigenvalue weighted by molar-refractivity contribution is 0.186. The molecule has 1 radical (unpaired) electrons. The van der Waals surface area contributed by atoms with Crippen LogP contribution in [0, 0.1) is 6.42 Å². The Labute approximate surface area is 40.7 Å². The van der Waals surface area contributed by atoms with Crippen molar-refractivity contribution in [1.29, 1.82) is 0 Å². The molecule has 0 spiro atoms. The van der Waals surface area contributed by atoms with E-state index in [1.165, 1.54) is 0 Å². The zero-order valence-electron chi connectivity index (χ0n) is 3.02. The van der Waals surface area contributed by atoms with E-state index in [0.717, 1.165) is 0 Å². The van der Waals surface area contributed by atoms with Crippen LogP contribution < -0.4 is 0 Å². The monoisotopic (exact) mass is 104 g/mol. The SMILES string of the molecule is ClC1=NOC[CH]1. The van der Waals surface area contributed by atoms with Crippen molar-refractivity contribution < 1.29 is 4.84 Å². The standard InChI is InChI=1S/C3H3ClNO/c4-3-1-2-6-5-3/h1H,2H2. The maximum Gasteiger partial charge on any atom is 0.152 e. The van der Waals surface area contributed by atoms with Gasteiger partial charge in [-0.1, -0.05) is 16.8 Å². The van der Waals surface area contributed by atoms with Gasteiger partial charge in [-0.25, -0.2) is 0 Å². The second-order valence-electron chi connectivity index (χ2n) is 0.914. The van der Waals surface area contributed by atoms with Gasteiger partial charge >= 0.3 is 0 Å². The first-order chi connectivity index (χ1) is 2.89. The van der Waals surface area contributed by atoms with Crippen LogP contribution in [0.15, 0.2) is 5.16 Å². The fourth-order valence-corrected chi connectivity index (χ4v) is 0.354. The lowest BCUT2D eigenvalue weighted by Gasteiger charge is -1.75. The van der Waals surface area contributed by atoms with Gasteiger partial charge in [0.25, 0.3) is 0 Å². The molecule has 0 aromatic heterocycles. The Kier molecular flexibility index (Phi) is 0.965. The van der Waals surface area contributed by atoms with Crippen LogP contribution in [0.5, 0.6) is 0 Å². The van der Waals surface area contributed by atoms with E-state index >= 15 is 0 Å². The van der Waals surface area contributed by atoms with Crippen LogP contribution >= 0.6 is 11.6 Å². The van der Waals surface area contributed by atoms with Crippen molar-refractivity contribution in [1.82, 2.24) is 0 Å². The summed E-state index contributed by atoms with van der Waals surface area (Å²) < 4.78 is 0. The van der Waals surface area contributed by atoms with Gasteiger partial charge in [0.1, 0.15) is 6.61 Å². The van der Waals surface area contributed by atoms with Crippen LogP contribution in [-0.4, -0.2) is 11.8 Å². The molecule has 6 heavy (non-hydrogen) atoms. The Morgan fingerprint density at radius 3 is 3.00 bits per heavy atom. The molecule has 1 heterocycles. The van der Waals surface area contributed by atoms with E-state index in [0.29, 0.717) is 11.8 Å². The van der Waals surface area contributed by atoms with Gasteiger partial charge in [0.2, 0.25) is 0 Å². The van der Waals surface area contributed by atoms with Gasteiger partial charge < -0.3 is 4.84 Å². The van der Waals surface area contributed by atoms with Crippen molar-refractivity contribution in [3.8, 4) is 0 Å². The predicted molar refractivity (Wildman–Crippen MR) is 23.5 cm³/mol. The van der Waals surface area contributed by atoms with Gasteiger partial charge in [-0.3, -0.25) is 0 Å². The first kappa shape index (κ1) is 3.93. The Morgan fingerprint density at radius 2 is 2.83 bits per heavy atom. The average Bonchev–Trinajstić information content (AvgIpc) is 1.86. The normalized spacial score (nSPS) is 19.8. The summed E-state index contributed by atoms with van der Waals surface area (Å²) in [6.07, 6.45) is 1.70. The first-order valence-corrected chi connectivity index (χ1v) is 1.96. The lowest BCUT2D eigenvalue weighted by atomic mass is 10.5. The summed E-state index contributed by atoms with van der Waals surface area (Å²) in [5.74, 6) is 0. The molecule has 1 aliphatic rings. The zero-order valence-corrected chi connectivity index (χ0v) is 3.77. The Balaban J connectivity index is 2.45. The van der Waals surface area contributed by atoms with Crippen LogP contribution in [0.4, 0.5) is 0 Å². The topological polar surface area (TPSA) is 21.6 Å². The molecule has 0 bridgehead atoms. The van der Waals surface area contributed by atoms with Crippen LogP contribution in [0.3, 0.4) is 0 Å². The Hall–Kier alpha value is -0.240. The maximum atomic E-state index is 5.28. The van der Waals surface area contributed by atoms with Gasteiger partial charge in [0.05, 0.1) is 6.42 Å². The molecule has 1 aliphatic heterocycles. The van der Waals surface area contributed by atoms with Crippen LogP contribution in [0.25, 0.3) is 0 Å². The number of hydrogen-bond donors (Lipinski definition) is 0. The lowest BCUT2D eigenvalue weighted by Crippen LogP contribution is -1.80. The Morgan fingerprint density at radius 1 is 2.00 bits per heavy atom. The molecule has 0 atom stereocenters. The van der Waals surface area contributed by atoms with Gasteiger partial charge in [-0.05, 0) is 0 Å². The van der Waals surface area contributed by atoms with Gasteiger partial charge in [0.15, 0.2) is 5.17 Å². The molecule has 0 saturated heterocycles. The summed E-state index contributed by atoms with van der Waals surface area (Å²) in [5.41, 5.74) is 0. The van der Waals surface area contributed by atoms with Gasteiger partial charge in [-0.15, -0.1) is 0 Å². The molecule has 1 rings (SSSR count). The third-order valence-corrected chi connectivity index (χ3v) is 0.701. The van der Waals surface area contributed by atoms with Gasteiger partial charge in [0, 0.05) is 0 Å². The fraction of sp³-hybridized carbons (Fsp3) is 0.333. The summed E-state index contributed by atoms with van der Waals surface area (Å²) in [6, 6.07) is 0. The molecule has 0 saturated carbocycles. The van der Waals surface area contributed by atoms with E-state index < -0.39 is 0 Å². The summed E-state index contributed by atoms with van der Waals surface area (Å²) in [4.78, 5) is 4.46. The van der Waals surface area contributed by atoms with E-state index in [9.17, 15) is 0 Å². The summed E-state index contributed by atoms with van der Waals surface area (Å²) in [7, 11) is 0. The van der Waals surface area contributed by atoms with E-state index in [-0.39, 0.29) is 0 Å². The minimum absolute atomic E-state index is 0.454. The van der Waals surface area contributed by atoms with Crippen LogP contribution in [0.2, 0.25) is 0 Å². The molecule has 0 N–H and O–H groups in total. The summed E-state index contributed by atoms with van der Waals surface area (Å²) in [5, 5.41) is 3.82. The minimum atomic E-state index is 0.454. The van der Waals surface area contributed by atoms with Crippen molar-refractivity contribution in [2.24, 2.45) is 5.16 Å². The number of halogens is 1. The highest BCUT2D eigenvalue weighted by Gasteiger charge is 2.01. The van der Waals surface area contributed by atoms with Crippen molar-refractivity contribution in [2.45, 2.75) is 0 Å². The summed E-state index contributed by atoms with van der Waals surface area (Å²) in [6.45, 7) is 0.527. The number of nitrogens with zero attached hydrogens (tertiary/aromatic N) is 1. The number of rotatable bonds is 0. The first-order valence-electron chi connectivity index (χ1n) is 1.58. The van der Waals surface area contributed by atoms with Crippen molar-refractivity contribution in [3.05, 3.63) is 6.42 Å². The molecule has 3 heteroatoms. The quantitative estimate of drug-likeness (QED) is 0.445. The molecular weight excluding hydrogens is 101 g/mol. The molecule has 0 amide bonds. The molecule has 0 fully saturated rings. The fourth-order valence-electron chi connectivity index (χ4n) is 0.242. The second-order valence-corrected chi connectivity index (χ2v) is 1.30. The van der Waals surface area contributed by atoms with E-state index in [1.807, 2.05) is 0 Å². The molecule has 0 aromatic rings. The third-order valence-electron chi connectivity index (χ3n) is 0.478. The predicted octanol–water partition coefficient (Wildman–Crippen LogP) is 0.773. The Bertz CT molecular complexity index is 80.9. The molecule has 0 aliphatic carbocycles. The second kappa shape index (κ2) is 1.47. The van der Waals surface area contributed by atoms with Crippen LogP contribution in [-0.2, 0) is 4.84 Å². The smallest absolute Gasteiger partial charge is 0.152 e. The average molecular weight is 105 g/mol. The van der Waals surface area contributed by atoms with Crippen molar-refractivity contribution in [2.75, 3.05) is 6.61 Å². The van der Waals surface area contributed by atoms with Crippen molar-refractivity contribution in [3.63, 3.8) is 0 Å². The number of hydrogen-bond acceptors (Lipinski definition) is 2.